The molecular formula is C14H25F3N2O4. The molecule has 0 bridgehead atoms. The van der Waals surface area contributed by atoms with E-state index in [9.17, 15) is 22.8 Å². The summed E-state index contributed by atoms with van der Waals surface area (Å²) in [6, 6.07) is -2.17. The van der Waals surface area contributed by atoms with Crippen molar-refractivity contribution in [1.29, 1.82) is 0 Å². The third kappa shape index (κ3) is 7.54. The van der Waals surface area contributed by atoms with Gasteiger partial charge in [-0.15, -0.1) is 0 Å². The summed E-state index contributed by atoms with van der Waals surface area (Å²) >= 11 is 0. The summed E-state index contributed by atoms with van der Waals surface area (Å²) in [4.78, 5) is 24.1. The van der Waals surface area contributed by atoms with Crippen LogP contribution in [0.3, 0.4) is 0 Å². The Morgan fingerprint density at radius 1 is 1.22 bits per heavy atom. The zero-order chi connectivity index (χ0) is 18.4. The van der Waals surface area contributed by atoms with Gasteiger partial charge in [0.25, 0.3) is 5.91 Å². The molecule has 0 aromatic heterocycles. The van der Waals surface area contributed by atoms with Crippen LogP contribution in [0.5, 0.6) is 0 Å². The summed E-state index contributed by atoms with van der Waals surface area (Å²) < 4.78 is 49.2. The average molecular weight is 342 g/mol. The highest BCUT2D eigenvalue weighted by atomic mass is 19.4. The summed E-state index contributed by atoms with van der Waals surface area (Å²) in [5, 5.41) is 2.04. The molecule has 0 aliphatic heterocycles. The fourth-order valence-corrected chi connectivity index (χ4v) is 1.79. The van der Waals surface area contributed by atoms with Crippen LogP contribution in [0.15, 0.2) is 0 Å². The highest BCUT2D eigenvalue weighted by Crippen LogP contribution is 2.24. The van der Waals surface area contributed by atoms with Crippen LogP contribution < -0.4 is 5.32 Å². The molecule has 0 saturated carbocycles. The third-order valence-electron chi connectivity index (χ3n) is 2.96. The van der Waals surface area contributed by atoms with Gasteiger partial charge in [0.15, 0.2) is 0 Å². The number of rotatable bonds is 6. The number of nitrogens with zero attached hydrogens (tertiary/aromatic N) is 1. The van der Waals surface area contributed by atoms with Gasteiger partial charge in [-0.2, -0.15) is 13.2 Å². The number of likely N-dealkylation sites (N-methyl/N-ethyl adjacent to an activating group) is 1. The first-order chi connectivity index (χ1) is 10.3. The monoisotopic (exact) mass is 342 g/mol. The second-order valence-electron chi connectivity index (χ2n) is 6.02. The van der Waals surface area contributed by atoms with Crippen LogP contribution in [-0.4, -0.2) is 61.5 Å². The summed E-state index contributed by atoms with van der Waals surface area (Å²) in [6.07, 6.45) is -6.41. The normalized spacial score (nSPS) is 14.8. The molecule has 2 amide bonds. The maximum absolute atomic E-state index is 13.2. The van der Waals surface area contributed by atoms with Crippen molar-refractivity contribution < 1.29 is 32.2 Å². The number of halogens is 3. The molecule has 136 valence electrons. The smallest absolute Gasteiger partial charge is 0.410 e. The summed E-state index contributed by atoms with van der Waals surface area (Å²) in [5.41, 5.74) is -0.830. The number of hydrogen-bond acceptors (Lipinski definition) is 4. The number of ether oxygens (including phenoxy) is 2. The number of methoxy groups -OCH3 is 1. The fourth-order valence-electron chi connectivity index (χ4n) is 1.79. The molecule has 0 aliphatic carbocycles. The van der Waals surface area contributed by atoms with E-state index in [1.165, 1.54) is 7.11 Å². The summed E-state index contributed by atoms with van der Waals surface area (Å²) in [7, 11) is 2.28. The Morgan fingerprint density at radius 3 is 2.09 bits per heavy atom. The number of amides is 2. The number of carbonyl (C=O) groups excluding carboxylic acids is 2. The van der Waals surface area contributed by atoms with Crippen molar-refractivity contribution in [3.05, 3.63) is 0 Å². The molecule has 0 spiro atoms. The zero-order valence-corrected chi connectivity index (χ0v) is 14.3. The molecule has 0 aromatic rings. The quantitative estimate of drug-likeness (QED) is 0.804. The van der Waals surface area contributed by atoms with E-state index in [1.807, 2.05) is 5.32 Å². The Bertz CT molecular complexity index is 404. The summed E-state index contributed by atoms with van der Waals surface area (Å²) in [5.74, 6) is -0.802. The first kappa shape index (κ1) is 21.5. The van der Waals surface area contributed by atoms with Crippen LogP contribution in [0.4, 0.5) is 18.0 Å². The molecule has 0 rings (SSSR count). The van der Waals surface area contributed by atoms with Crippen molar-refractivity contribution >= 4 is 12.0 Å². The second-order valence-corrected chi connectivity index (χ2v) is 6.02. The predicted molar refractivity (Wildman–Crippen MR) is 77.9 cm³/mol. The maximum Gasteiger partial charge on any atom is 0.410 e. The van der Waals surface area contributed by atoms with Crippen LogP contribution in [0.1, 0.15) is 34.1 Å². The van der Waals surface area contributed by atoms with Gasteiger partial charge in [0.2, 0.25) is 0 Å². The Kier molecular flexibility index (Phi) is 7.82. The number of carbonyl (C=O) groups is 2. The molecule has 1 N–H and O–H groups in total. The van der Waals surface area contributed by atoms with Crippen molar-refractivity contribution in [2.45, 2.75) is 58.0 Å². The minimum absolute atomic E-state index is 0.240. The minimum atomic E-state index is -4.70. The van der Waals surface area contributed by atoms with E-state index in [1.54, 1.807) is 27.7 Å². The van der Waals surface area contributed by atoms with E-state index in [0.29, 0.717) is 4.90 Å². The van der Waals surface area contributed by atoms with E-state index in [4.69, 9.17) is 9.47 Å². The molecule has 9 heteroatoms. The molecule has 2 unspecified atom stereocenters. The van der Waals surface area contributed by atoms with Crippen LogP contribution in [0.2, 0.25) is 0 Å². The first-order valence-electron chi connectivity index (χ1n) is 7.16. The molecule has 0 fully saturated rings. The van der Waals surface area contributed by atoms with Gasteiger partial charge < -0.3 is 19.7 Å². The van der Waals surface area contributed by atoms with Crippen molar-refractivity contribution in [2.75, 3.05) is 20.7 Å². The van der Waals surface area contributed by atoms with Crippen molar-refractivity contribution in [3.63, 3.8) is 0 Å². The van der Waals surface area contributed by atoms with Crippen LogP contribution in [0, 0.1) is 0 Å². The van der Waals surface area contributed by atoms with E-state index < -0.39 is 42.5 Å². The molecule has 0 aromatic carbocycles. The van der Waals surface area contributed by atoms with Crippen LogP contribution >= 0.6 is 0 Å². The number of hydrogen-bond donors (Lipinski definition) is 1. The predicted octanol–water partition coefficient (Wildman–Crippen LogP) is 2.33. The average Bonchev–Trinajstić information content (AvgIpc) is 2.36. The topological polar surface area (TPSA) is 67.9 Å². The molecule has 23 heavy (non-hydrogen) atoms. The minimum Gasteiger partial charge on any atom is -0.444 e. The van der Waals surface area contributed by atoms with E-state index in [2.05, 4.69) is 0 Å². The molecular weight excluding hydrogens is 317 g/mol. The summed E-state index contributed by atoms with van der Waals surface area (Å²) in [6.45, 7) is 5.60. The van der Waals surface area contributed by atoms with Crippen LogP contribution in [-0.2, 0) is 14.3 Å². The van der Waals surface area contributed by atoms with Crippen molar-refractivity contribution in [1.82, 2.24) is 10.2 Å². The van der Waals surface area contributed by atoms with Gasteiger partial charge in [-0.05, 0) is 27.2 Å². The van der Waals surface area contributed by atoms with Crippen LogP contribution in [0.25, 0.3) is 0 Å². The standard InChI is InChI=1S/C14H25F3N2O4/c1-7-9(22-6)11(20)19(5)10(14(15,16)17)8-18-12(21)23-13(2,3)4/h9-10H,7-8H2,1-6H3,(H,18,21). The van der Waals surface area contributed by atoms with Gasteiger partial charge in [0, 0.05) is 14.2 Å². The lowest BCUT2D eigenvalue weighted by molar-refractivity contribution is -0.189. The number of alkyl carbamates (subject to hydrolysis) is 1. The molecule has 6 nitrogen and oxygen atoms in total. The third-order valence-corrected chi connectivity index (χ3v) is 2.96. The fraction of sp³-hybridized carbons (Fsp3) is 0.857. The lowest BCUT2D eigenvalue weighted by Gasteiger charge is -2.32. The van der Waals surface area contributed by atoms with Gasteiger partial charge in [0.1, 0.15) is 17.7 Å². The Hall–Kier alpha value is -1.51. The van der Waals surface area contributed by atoms with E-state index in [0.717, 1.165) is 7.05 Å². The Labute approximate surface area is 134 Å². The van der Waals surface area contributed by atoms with Gasteiger partial charge in [-0.1, -0.05) is 6.92 Å². The Morgan fingerprint density at radius 2 is 1.74 bits per heavy atom. The van der Waals surface area contributed by atoms with Crippen molar-refractivity contribution in [2.24, 2.45) is 0 Å². The Balaban J connectivity index is 4.97. The second kappa shape index (κ2) is 8.37. The SMILES string of the molecule is CCC(OC)C(=O)N(C)C(CNC(=O)OC(C)(C)C)C(F)(F)F. The molecule has 0 aliphatic rings. The zero-order valence-electron chi connectivity index (χ0n) is 14.3. The lowest BCUT2D eigenvalue weighted by Crippen LogP contribution is -2.55. The first-order valence-corrected chi connectivity index (χ1v) is 7.16. The highest BCUT2D eigenvalue weighted by molar-refractivity contribution is 5.81. The maximum atomic E-state index is 13.2. The van der Waals surface area contributed by atoms with E-state index in [-0.39, 0.29) is 6.42 Å². The van der Waals surface area contributed by atoms with E-state index >= 15 is 0 Å². The lowest BCUT2D eigenvalue weighted by atomic mass is 10.2. The molecule has 0 radical (unpaired) electrons. The van der Waals surface area contributed by atoms with Gasteiger partial charge in [0.05, 0.1) is 6.54 Å². The molecule has 2 atom stereocenters. The van der Waals surface area contributed by atoms with Gasteiger partial charge in [-0.25, -0.2) is 4.79 Å². The number of alkyl halides is 3. The van der Waals surface area contributed by atoms with Gasteiger partial charge in [-0.3, -0.25) is 4.79 Å². The number of nitrogens with one attached hydrogen (secondary N) is 1. The largest absolute Gasteiger partial charge is 0.444 e. The van der Waals surface area contributed by atoms with Crippen molar-refractivity contribution in [3.8, 4) is 0 Å². The molecule has 0 heterocycles. The molecule has 0 saturated heterocycles. The highest BCUT2D eigenvalue weighted by Gasteiger charge is 2.45. The van der Waals surface area contributed by atoms with Gasteiger partial charge >= 0.3 is 12.3 Å².